The van der Waals surface area contributed by atoms with Crippen LogP contribution >= 0.6 is 0 Å². The number of pyridine rings is 1. The van der Waals surface area contributed by atoms with Crippen LogP contribution in [0.4, 0.5) is 0 Å². The number of hydrogen-bond donors (Lipinski definition) is 2. The molecule has 1 saturated heterocycles. The highest BCUT2D eigenvalue weighted by Crippen LogP contribution is 2.20. The van der Waals surface area contributed by atoms with Crippen LogP contribution in [0.15, 0.2) is 41.3 Å². The molecule has 3 rings (SSSR count). The van der Waals surface area contributed by atoms with Crippen molar-refractivity contribution in [3.05, 3.63) is 46.9 Å². The molecule has 2 N–H and O–H groups in total. The average Bonchev–Trinajstić information content (AvgIpc) is 2.73. The monoisotopic (exact) mass is 426 g/mol. The van der Waals surface area contributed by atoms with Gasteiger partial charge < -0.3 is 20.1 Å². The van der Waals surface area contributed by atoms with Gasteiger partial charge in [0.05, 0.1) is 0 Å². The number of fused-ring (bicyclic) bond motifs is 1. The molecule has 1 fully saturated rings. The molecular formula is C24H34N4O3. The molecule has 2 atom stereocenters. The number of carbonyl (C=O) groups is 2. The van der Waals surface area contributed by atoms with Gasteiger partial charge in [0.25, 0.3) is 5.56 Å². The van der Waals surface area contributed by atoms with Crippen molar-refractivity contribution >= 4 is 22.6 Å². The molecule has 0 aliphatic carbocycles. The lowest BCUT2D eigenvalue weighted by Gasteiger charge is -2.34. The van der Waals surface area contributed by atoms with Gasteiger partial charge in [0.1, 0.15) is 6.54 Å². The van der Waals surface area contributed by atoms with E-state index < -0.39 is 0 Å². The van der Waals surface area contributed by atoms with Gasteiger partial charge in [-0.2, -0.15) is 0 Å². The van der Waals surface area contributed by atoms with Crippen molar-refractivity contribution in [2.75, 3.05) is 32.7 Å². The van der Waals surface area contributed by atoms with E-state index in [0.717, 1.165) is 43.3 Å². The number of aromatic nitrogens is 1. The van der Waals surface area contributed by atoms with Gasteiger partial charge in [0.15, 0.2) is 0 Å². The molecule has 2 aromatic rings. The standard InChI is InChI=1S/C24H34N4O3/c1-18-14-19(2)16-27(15-18)12-5-10-25-22(29)8-11-26-23(30)17-28-13-9-20-6-3-4-7-21(20)24(28)31/h3-4,6-7,9,13,18-19H,5,8,10-12,14-17H2,1-2H3,(H,25,29)(H,26,30)/t18-,19-/m0/s1. The van der Waals surface area contributed by atoms with Crippen LogP contribution in [0.25, 0.3) is 10.8 Å². The Hall–Kier alpha value is -2.67. The van der Waals surface area contributed by atoms with Crippen LogP contribution < -0.4 is 16.2 Å². The summed E-state index contributed by atoms with van der Waals surface area (Å²) in [6.45, 7) is 8.75. The van der Waals surface area contributed by atoms with Gasteiger partial charge >= 0.3 is 0 Å². The molecule has 1 aliphatic rings. The number of benzene rings is 1. The number of hydrogen-bond acceptors (Lipinski definition) is 4. The van der Waals surface area contributed by atoms with Gasteiger partial charge in [-0.25, -0.2) is 0 Å². The topological polar surface area (TPSA) is 83.4 Å². The molecule has 0 bridgehead atoms. The zero-order valence-corrected chi connectivity index (χ0v) is 18.6. The molecule has 168 valence electrons. The predicted octanol–water partition coefficient (Wildman–Crippen LogP) is 1.99. The number of carbonyl (C=O) groups excluding carboxylic acids is 2. The Labute approximate surface area is 183 Å². The van der Waals surface area contributed by atoms with Crippen LogP contribution in [-0.2, 0) is 16.1 Å². The summed E-state index contributed by atoms with van der Waals surface area (Å²) in [7, 11) is 0. The second-order valence-electron chi connectivity index (χ2n) is 8.85. The molecule has 1 aromatic heterocycles. The van der Waals surface area contributed by atoms with Crippen LogP contribution in [0.1, 0.15) is 33.1 Å². The quantitative estimate of drug-likeness (QED) is 0.601. The van der Waals surface area contributed by atoms with Gasteiger partial charge in [-0.05, 0) is 48.7 Å². The summed E-state index contributed by atoms with van der Waals surface area (Å²) < 4.78 is 1.39. The minimum absolute atomic E-state index is 0.0576. The van der Waals surface area contributed by atoms with E-state index in [9.17, 15) is 14.4 Å². The predicted molar refractivity (Wildman–Crippen MR) is 123 cm³/mol. The largest absolute Gasteiger partial charge is 0.356 e. The van der Waals surface area contributed by atoms with Crippen LogP contribution in [0.5, 0.6) is 0 Å². The van der Waals surface area contributed by atoms with Crippen molar-refractivity contribution in [1.82, 2.24) is 20.1 Å². The van der Waals surface area contributed by atoms with Crippen molar-refractivity contribution in [2.24, 2.45) is 11.8 Å². The van der Waals surface area contributed by atoms with Gasteiger partial charge in [-0.1, -0.05) is 32.0 Å². The van der Waals surface area contributed by atoms with Gasteiger partial charge in [-0.3, -0.25) is 14.4 Å². The zero-order chi connectivity index (χ0) is 22.2. The molecule has 1 aromatic carbocycles. The van der Waals surface area contributed by atoms with E-state index in [1.807, 2.05) is 18.2 Å². The summed E-state index contributed by atoms with van der Waals surface area (Å²) in [6.07, 6.45) is 4.09. The Bertz CT molecular complexity index is 945. The maximum Gasteiger partial charge on any atom is 0.258 e. The SMILES string of the molecule is C[C@H]1C[C@H](C)CN(CCCNC(=O)CCNC(=O)Cn2ccc3ccccc3c2=O)C1. The average molecular weight is 427 g/mol. The highest BCUT2D eigenvalue weighted by molar-refractivity contribution is 5.82. The molecule has 0 radical (unpaired) electrons. The van der Waals surface area contributed by atoms with E-state index in [1.165, 1.54) is 11.0 Å². The second-order valence-corrected chi connectivity index (χ2v) is 8.85. The lowest BCUT2D eigenvalue weighted by Crippen LogP contribution is -2.40. The molecule has 0 unspecified atom stereocenters. The van der Waals surface area contributed by atoms with Crippen molar-refractivity contribution in [3.63, 3.8) is 0 Å². The first-order valence-corrected chi connectivity index (χ1v) is 11.3. The molecule has 31 heavy (non-hydrogen) atoms. The van der Waals surface area contributed by atoms with E-state index in [4.69, 9.17) is 0 Å². The summed E-state index contributed by atoms with van der Waals surface area (Å²) >= 11 is 0. The van der Waals surface area contributed by atoms with Crippen molar-refractivity contribution in [3.8, 4) is 0 Å². The highest BCUT2D eigenvalue weighted by atomic mass is 16.2. The second kappa shape index (κ2) is 11.1. The fraction of sp³-hybridized carbons (Fsp3) is 0.542. The highest BCUT2D eigenvalue weighted by Gasteiger charge is 2.21. The third kappa shape index (κ3) is 6.92. The maximum absolute atomic E-state index is 12.5. The van der Waals surface area contributed by atoms with Crippen molar-refractivity contribution in [1.29, 1.82) is 0 Å². The van der Waals surface area contributed by atoms with Crippen LogP contribution in [0, 0.1) is 11.8 Å². The van der Waals surface area contributed by atoms with Gasteiger partial charge in [0.2, 0.25) is 11.8 Å². The third-order valence-electron chi connectivity index (χ3n) is 5.79. The summed E-state index contributed by atoms with van der Waals surface area (Å²) in [5, 5.41) is 7.09. The number of amides is 2. The fourth-order valence-corrected chi connectivity index (χ4v) is 4.47. The molecule has 7 heteroatoms. The maximum atomic E-state index is 12.5. The fourth-order valence-electron chi connectivity index (χ4n) is 4.47. The third-order valence-corrected chi connectivity index (χ3v) is 5.79. The van der Waals surface area contributed by atoms with Crippen LogP contribution in [0.3, 0.4) is 0 Å². The Kier molecular flexibility index (Phi) is 8.23. The normalized spacial score (nSPS) is 19.3. The Balaban J connectivity index is 1.32. The van der Waals surface area contributed by atoms with E-state index >= 15 is 0 Å². The minimum atomic E-state index is -0.279. The lowest BCUT2D eigenvalue weighted by molar-refractivity contribution is -0.122. The first-order valence-electron chi connectivity index (χ1n) is 11.3. The first kappa shape index (κ1) is 23.0. The first-order chi connectivity index (χ1) is 14.9. The van der Waals surface area contributed by atoms with Crippen molar-refractivity contribution < 1.29 is 9.59 Å². The van der Waals surface area contributed by atoms with E-state index in [0.29, 0.717) is 11.9 Å². The molecule has 2 heterocycles. The number of likely N-dealkylation sites (tertiary alicyclic amines) is 1. The van der Waals surface area contributed by atoms with E-state index in [2.05, 4.69) is 29.4 Å². The summed E-state index contributed by atoms with van der Waals surface area (Å²) in [6, 6.07) is 9.12. The number of nitrogens with one attached hydrogen (secondary N) is 2. The van der Waals surface area contributed by atoms with Crippen LogP contribution in [0.2, 0.25) is 0 Å². The molecule has 0 saturated carbocycles. The smallest absolute Gasteiger partial charge is 0.258 e. The molecular weight excluding hydrogens is 392 g/mol. The number of piperidine rings is 1. The Morgan fingerprint density at radius 2 is 1.71 bits per heavy atom. The van der Waals surface area contributed by atoms with Crippen LogP contribution in [-0.4, -0.2) is 54.0 Å². The van der Waals surface area contributed by atoms with Gasteiger partial charge in [0, 0.05) is 44.2 Å². The van der Waals surface area contributed by atoms with E-state index in [-0.39, 0.29) is 36.9 Å². The van der Waals surface area contributed by atoms with Gasteiger partial charge in [-0.15, -0.1) is 0 Å². The zero-order valence-electron chi connectivity index (χ0n) is 18.6. The van der Waals surface area contributed by atoms with E-state index in [1.54, 1.807) is 18.3 Å². The summed E-state index contributed by atoms with van der Waals surface area (Å²) in [5.74, 6) is 1.14. The lowest BCUT2D eigenvalue weighted by atomic mass is 9.92. The number of nitrogens with zero attached hydrogens (tertiary/aromatic N) is 2. The minimum Gasteiger partial charge on any atom is -0.356 e. The summed E-state index contributed by atoms with van der Waals surface area (Å²) in [4.78, 5) is 39.1. The molecule has 1 aliphatic heterocycles. The molecule has 0 spiro atoms. The van der Waals surface area contributed by atoms with Crippen molar-refractivity contribution in [2.45, 2.75) is 39.7 Å². The number of rotatable bonds is 9. The molecule has 2 amide bonds. The summed E-state index contributed by atoms with van der Waals surface area (Å²) in [5.41, 5.74) is -0.191. The Morgan fingerprint density at radius 3 is 2.48 bits per heavy atom. The Morgan fingerprint density at radius 1 is 1.00 bits per heavy atom. The molecule has 7 nitrogen and oxygen atoms in total.